The number of rotatable bonds is 4. The highest BCUT2D eigenvalue weighted by Crippen LogP contribution is 2.11. The summed E-state index contributed by atoms with van der Waals surface area (Å²) >= 11 is 0. The number of nitrogens with two attached hydrogens (primary N) is 1. The van der Waals surface area contributed by atoms with Gasteiger partial charge in [-0.1, -0.05) is 0 Å². The van der Waals surface area contributed by atoms with E-state index in [1.807, 2.05) is 0 Å². The number of halogens is 1. The van der Waals surface area contributed by atoms with Crippen molar-refractivity contribution in [3.63, 3.8) is 0 Å². The van der Waals surface area contributed by atoms with Crippen LogP contribution in [-0.2, 0) is 0 Å². The van der Waals surface area contributed by atoms with Crippen molar-refractivity contribution in [3.05, 3.63) is 17.8 Å². The Balaban J connectivity index is 2.62. The van der Waals surface area contributed by atoms with Crippen LogP contribution in [0.15, 0.2) is 6.33 Å². The molecule has 5 nitrogen and oxygen atoms in total. The Morgan fingerprint density at radius 1 is 1.60 bits per heavy atom. The summed E-state index contributed by atoms with van der Waals surface area (Å²) in [7, 11) is 0. The fourth-order valence-electron chi connectivity index (χ4n) is 0.966. The molecule has 0 aliphatic rings. The van der Waals surface area contributed by atoms with Crippen LogP contribution in [0, 0.1) is 12.7 Å². The average molecular weight is 214 g/mol. The van der Waals surface area contributed by atoms with Gasteiger partial charge in [-0.25, -0.2) is 14.4 Å². The van der Waals surface area contributed by atoms with Gasteiger partial charge >= 0.3 is 0 Å². The number of nitrogens with one attached hydrogen (secondary N) is 1. The van der Waals surface area contributed by atoms with Crippen molar-refractivity contribution in [1.82, 2.24) is 9.97 Å². The normalized spacial score (nSPS) is 14.7. The molecule has 0 spiro atoms. The molecule has 84 valence electrons. The van der Waals surface area contributed by atoms with Crippen molar-refractivity contribution >= 4 is 5.82 Å². The lowest BCUT2D eigenvalue weighted by Gasteiger charge is -2.15. The smallest absolute Gasteiger partial charge is 0.186 e. The molecule has 1 heterocycles. The van der Waals surface area contributed by atoms with Gasteiger partial charge in [0.25, 0.3) is 0 Å². The van der Waals surface area contributed by atoms with Gasteiger partial charge in [-0.2, -0.15) is 0 Å². The Hall–Kier alpha value is -1.27. The minimum absolute atomic E-state index is 0.110. The van der Waals surface area contributed by atoms with Gasteiger partial charge in [0.1, 0.15) is 6.33 Å². The molecule has 2 unspecified atom stereocenters. The van der Waals surface area contributed by atoms with E-state index < -0.39 is 18.0 Å². The van der Waals surface area contributed by atoms with Gasteiger partial charge in [0.15, 0.2) is 11.6 Å². The van der Waals surface area contributed by atoms with Crippen molar-refractivity contribution in [3.8, 4) is 0 Å². The maximum atomic E-state index is 13.4. The molecule has 0 radical (unpaired) electrons. The summed E-state index contributed by atoms with van der Waals surface area (Å²) in [6.07, 6.45) is 0.623. The summed E-state index contributed by atoms with van der Waals surface area (Å²) in [4.78, 5) is 7.43. The lowest BCUT2D eigenvalue weighted by Crippen LogP contribution is -2.39. The largest absolute Gasteiger partial charge is 0.392 e. The van der Waals surface area contributed by atoms with Gasteiger partial charge in [0.2, 0.25) is 0 Å². The first-order chi connectivity index (χ1) is 7.02. The Kier molecular flexibility index (Phi) is 3.93. The number of hydrogen-bond acceptors (Lipinski definition) is 5. The van der Waals surface area contributed by atoms with Crippen LogP contribution in [0.1, 0.15) is 12.6 Å². The van der Waals surface area contributed by atoms with Crippen LogP contribution in [-0.4, -0.2) is 33.8 Å². The van der Waals surface area contributed by atoms with Gasteiger partial charge in [-0.3, -0.25) is 0 Å². The minimum Gasteiger partial charge on any atom is -0.392 e. The van der Waals surface area contributed by atoms with Crippen molar-refractivity contribution in [2.75, 3.05) is 11.9 Å². The Morgan fingerprint density at radius 3 is 2.87 bits per heavy atom. The molecular formula is C9H15FN4O. The molecule has 0 saturated carbocycles. The molecule has 0 aromatic carbocycles. The highest BCUT2D eigenvalue weighted by molar-refractivity contribution is 5.36. The molecule has 0 aliphatic carbocycles. The molecule has 0 fully saturated rings. The maximum Gasteiger partial charge on any atom is 0.186 e. The number of aliphatic hydroxyl groups is 1. The van der Waals surface area contributed by atoms with E-state index in [9.17, 15) is 4.39 Å². The number of aliphatic hydroxyl groups excluding tert-OH is 1. The Labute approximate surface area is 87.5 Å². The highest BCUT2D eigenvalue weighted by atomic mass is 19.1. The van der Waals surface area contributed by atoms with Crippen LogP contribution in [0.25, 0.3) is 0 Å². The predicted octanol–water partition coefficient (Wildman–Crippen LogP) is 0.0441. The number of aromatic nitrogens is 2. The van der Waals surface area contributed by atoms with E-state index in [0.29, 0.717) is 0 Å². The Morgan fingerprint density at radius 2 is 2.27 bits per heavy atom. The number of aryl methyl sites for hydroxylation is 1. The molecule has 4 N–H and O–H groups in total. The summed E-state index contributed by atoms with van der Waals surface area (Å²) < 4.78 is 13.4. The molecule has 0 aliphatic heterocycles. The average Bonchev–Trinajstić information content (AvgIpc) is 2.19. The molecule has 1 rings (SSSR count). The minimum atomic E-state index is -0.650. The summed E-state index contributed by atoms with van der Waals surface area (Å²) in [5, 5.41) is 11.9. The lowest BCUT2D eigenvalue weighted by atomic mass is 10.2. The standard InChI is InChI=1S/C9H15FN4O/c1-5-8(10)9(14-4-13-5)12-3-7(11)6(2)15/h4,6-7,15H,3,11H2,1-2H3,(H,12,13,14). The first-order valence-electron chi connectivity index (χ1n) is 4.67. The third kappa shape index (κ3) is 3.10. The van der Waals surface area contributed by atoms with Gasteiger partial charge in [0.05, 0.1) is 11.8 Å². The zero-order valence-electron chi connectivity index (χ0n) is 8.74. The molecule has 1 aromatic rings. The quantitative estimate of drug-likeness (QED) is 0.659. The summed E-state index contributed by atoms with van der Waals surface area (Å²) in [5.74, 6) is -0.381. The van der Waals surface area contributed by atoms with Crippen LogP contribution >= 0.6 is 0 Å². The van der Waals surface area contributed by atoms with Crippen LogP contribution < -0.4 is 11.1 Å². The molecule has 0 saturated heterocycles. The summed E-state index contributed by atoms with van der Waals surface area (Å²) in [6, 6.07) is -0.459. The van der Waals surface area contributed by atoms with Crippen LogP contribution in [0.5, 0.6) is 0 Å². The highest BCUT2D eigenvalue weighted by Gasteiger charge is 2.11. The van der Waals surface area contributed by atoms with E-state index in [4.69, 9.17) is 10.8 Å². The first kappa shape index (κ1) is 11.8. The second-order valence-electron chi connectivity index (χ2n) is 3.41. The van der Waals surface area contributed by atoms with Crippen molar-refractivity contribution in [2.24, 2.45) is 5.73 Å². The second-order valence-corrected chi connectivity index (χ2v) is 3.41. The van der Waals surface area contributed by atoms with Crippen molar-refractivity contribution < 1.29 is 9.50 Å². The van der Waals surface area contributed by atoms with E-state index in [-0.39, 0.29) is 18.1 Å². The monoisotopic (exact) mass is 214 g/mol. The molecule has 0 amide bonds. The van der Waals surface area contributed by atoms with E-state index in [1.165, 1.54) is 6.33 Å². The number of nitrogens with zero attached hydrogens (tertiary/aromatic N) is 2. The van der Waals surface area contributed by atoms with Gasteiger partial charge in [-0.05, 0) is 13.8 Å². The van der Waals surface area contributed by atoms with E-state index >= 15 is 0 Å². The summed E-state index contributed by atoms with van der Waals surface area (Å²) in [6.45, 7) is 3.38. The summed E-state index contributed by atoms with van der Waals surface area (Å²) in [5.41, 5.74) is 5.85. The second kappa shape index (κ2) is 4.99. The fourth-order valence-corrected chi connectivity index (χ4v) is 0.966. The molecule has 15 heavy (non-hydrogen) atoms. The Bertz CT molecular complexity index is 332. The maximum absolute atomic E-state index is 13.4. The van der Waals surface area contributed by atoms with Gasteiger partial charge < -0.3 is 16.2 Å². The number of hydrogen-bond donors (Lipinski definition) is 3. The molecule has 1 aromatic heterocycles. The van der Waals surface area contributed by atoms with Gasteiger partial charge in [-0.15, -0.1) is 0 Å². The van der Waals surface area contributed by atoms with E-state index in [2.05, 4.69) is 15.3 Å². The molecular weight excluding hydrogens is 199 g/mol. The fraction of sp³-hybridized carbons (Fsp3) is 0.556. The van der Waals surface area contributed by atoms with E-state index in [1.54, 1.807) is 13.8 Å². The van der Waals surface area contributed by atoms with Crippen LogP contribution in [0.4, 0.5) is 10.2 Å². The topological polar surface area (TPSA) is 84.1 Å². The third-order valence-electron chi connectivity index (χ3n) is 2.09. The zero-order valence-corrected chi connectivity index (χ0v) is 8.74. The number of anilines is 1. The van der Waals surface area contributed by atoms with E-state index in [0.717, 1.165) is 0 Å². The van der Waals surface area contributed by atoms with Crippen molar-refractivity contribution in [1.29, 1.82) is 0 Å². The van der Waals surface area contributed by atoms with Gasteiger partial charge in [0, 0.05) is 12.6 Å². The lowest BCUT2D eigenvalue weighted by molar-refractivity contribution is 0.168. The van der Waals surface area contributed by atoms with Crippen molar-refractivity contribution in [2.45, 2.75) is 26.0 Å². The van der Waals surface area contributed by atoms with Crippen LogP contribution in [0.2, 0.25) is 0 Å². The first-order valence-corrected chi connectivity index (χ1v) is 4.67. The predicted molar refractivity (Wildman–Crippen MR) is 54.9 cm³/mol. The molecule has 2 atom stereocenters. The third-order valence-corrected chi connectivity index (χ3v) is 2.09. The SMILES string of the molecule is Cc1ncnc(NCC(N)C(C)O)c1F. The molecule has 0 bridgehead atoms. The van der Waals surface area contributed by atoms with Crippen LogP contribution in [0.3, 0.4) is 0 Å². The zero-order chi connectivity index (χ0) is 11.4. The molecule has 6 heteroatoms.